The molecule has 0 saturated heterocycles. The minimum atomic E-state index is -4.94. The molecule has 85 heavy (non-hydrogen) atoms. The van der Waals surface area contributed by atoms with Crippen molar-refractivity contribution in [2.75, 3.05) is 39.6 Å². The largest absolute Gasteiger partial charge is 0.472 e. The van der Waals surface area contributed by atoms with E-state index in [-0.39, 0.29) is 25.7 Å². The second-order valence-electron chi connectivity index (χ2n) is 23.9. The Morgan fingerprint density at radius 1 is 0.282 bits per heavy atom. The zero-order valence-electron chi connectivity index (χ0n) is 54.6. The number of phosphoric ester groups is 2. The highest BCUT2D eigenvalue weighted by Crippen LogP contribution is 2.45. The fourth-order valence-corrected chi connectivity index (χ4v) is 11.6. The molecular formula is C66H128O17P2. The number of carbonyl (C=O) groups is 4. The maximum atomic E-state index is 13.0. The van der Waals surface area contributed by atoms with E-state index >= 15 is 0 Å². The van der Waals surface area contributed by atoms with Crippen molar-refractivity contribution in [3.05, 3.63) is 0 Å². The van der Waals surface area contributed by atoms with Crippen LogP contribution in [-0.4, -0.2) is 96.7 Å². The minimum absolute atomic E-state index is 0.107. The van der Waals surface area contributed by atoms with Crippen LogP contribution >= 0.6 is 15.6 Å². The standard InChI is InChI=1S/C66H128O17P2/c1-5-9-13-17-21-25-28-30-32-36-39-43-47-51-64(69)77-57-62(83-66(71)53-49-45-41-37-33-31-29-26-22-18-14-10-6-2)59-81-85(74,75)79-55-60(67)54-78-84(72,73)80-58-61(56-76-63(68)50-46-42-38-34-24-20-16-12-8-4)82-65(70)52-48-44-40-35-27-23-19-15-11-7-3/h60-62,67H,5-59H2,1-4H3,(H,72,73)(H,74,75)/t60-,61+,62+/m0/s1. The maximum Gasteiger partial charge on any atom is 0.472 e. The van der Waals surface area contributed by atoms with Gasteiger partial charge < -0.3 is 33.8 Å². The molecule has 0 aliphatic rings. The Morgan fingerprint density at radius 2 is 0.471 bits per heavy atom. The number of rotatable bonds is 67. The van der Waals surface area contributed by atoms with Gasteiger partial charge in [-0.05, 0) is 25.7 Å². The topological polar surface area (TPSA) is 237 Å². The summed E-state index contributed by atoms with van der Waals surface area (Å²) in [6.07, 6.45) is 47.0. The number of carbonyl (C=O) groups excluding carboxylic acids is 4. The predicted molar refractivity (Wildman–Crippen MR) is 340 cm³/mol. The SMILES string of the molecule is CCCCCCCCCCCCCCCC(=O)OC[C@H](COP(=O)(O)OC[C@@H](O)COP(=O)(O)OC[C@@H](COC(=O)CCCCCCCCCCC)OC(=O)CCCCCCCCCCCC)OC(=O)CCCCCCCCCCCCCCC. The lowest BCUT2D eigenvalue weighted by molar-refractivity contribution is -0.161. The number of aliphatic hydroxyl groups excluding tert-OH is 1. The first-order valence-electron chi connectivity index (χ1n) is 34.8. The fourth-order valence-electron chi connectivity index (χ4n) is 9.99. The van der Waals surface area contributed by atoms with Crippen LogP contribution in [0.2, 0.25) is 0 Å². The number of ether oxygens (including phenoxy) is 4. The summed E-state index contributed by atoms with van der Waals surface area (Å²) in [5.74, 6) is -2.13. The lowest BCUT2D eigenvalue weighted by atomic mass is 10.0. The summed E-state index contributed by atoms with van der Waals surface area (Å²) in [5.41, 5.74) is 0. The van der Waals surface area contributed by atoms with E-state index in [0.29, 0.717) is 25.7 Å². The molecular weight excluding hydrogens is 1130 g/mol. The van der Waals surface area contributed by atoms with E-state index in [2.05, 4.69) is 27.7 Å². The average Bonchev–Trinajstić information content (AvgIpc) is 3.61. The summed E-state index contributed by atoms with van der Waals surface area (Å²) in [6, 6.07) is 0. The molecule has 0 amide bonds. The quantitative estimate of drug-likeness (QED) is 0.0222. The van der Waals surface area contributed by atoms with Gasteiger partial charge in [0.1, 0.15) is 19.3 Å². The van der Waals surface area contributed by atoms with Gasteiger partial charge in [-0.3, -0.25) is 37.3 Å². The Kier molecular flexibility index (Phi) is 59.6. The van der Waals surface area contributed by atoms with Gasteiger partial charge in [-0.15, -0.1) is 0 Å². The number of aliphatic hydroxyl groups is 1. The fraction of sp³-hybridized carbons (Fsp3) is 0.939. The molecule has 0 saturated carbocycles. The van der Waals surface area contributed by atoms with Gasteiger partial charge in [0, 0.05) is 25.7 Å². The van der Waals surface area contributed by atoms with Crippen LogP contribution in [0.25, 0.3) is 0 Å². The minimum Gasteiger partial charge on any atom is -0.462 e. The molecule has 0 aromatic heterocycles. The van der Waals surface area contributed by atoms with Crippen molar-refractivity contribution in [3.63, 3.8) is 0 Å². The van der Waals surface area contributed by atoms with Gasteiger partial charge in [0.05, 0.1) is 26.4 Å². The highest BCUT2D eigenvalue weighted by atomic mass is 31.2. The summed E-state index contributed by atoms with van der Waals surface area (Å²) in [6.45, 7) is 4.90. The van der Waals surface area contributed by atoms with Crippen LogP contribution in [0, 0.1) is 0 Å². The molecule has 0 aliphatic carbocycles. The molecule has 0 spiro atoms. The average molecular weight is 1260 g/mol. The first kappa shape index (κ1) is 83.1. The van der Waals surface area contributed by atoms with Crippen molar-refractivity contribution in [1.29, 1.82) is 0 Å². The summed E-state index contributed by atoms with van der Waals surface area (Å²) in [7, 11) is -9.89. The zero-order valence-corrected chi connectivity index (χ0v) is 56.4. The van der Waals surface area contributed by atoms with Gasteiger partial charge in [-0.25, -0.2) is 9.13 Å². The summed E-state index contributed by atoms with van der Waals surface area (Å²) in [4.78, 5) is 72.3. The summed E-state index contributed by atoms with van der Waals surface area (Å²) < 4.78 is 68.1. The summed E-state index contributed by atoms with van der Waals surface area (Å²) in [5, 5.41) is 10.5. The van der Waals surface area contributed by atoms with E-state index in [0.717, 1.165) is 89.9 Å². The van der Waals surface area contributed by atoms with Crippen molar-refractivity contribution in [1.82, 2.24) is 0 Å². The number of hydrogen-bond donors (Lipinski definition) is 3. The number of hydrogen-bond acceptors (Lipinski definition) is 15. The van der Waals surface area contributed by atoms with Crippen LogP contribution in [0.1, 0.15) is 342 Å². The molecule has 17 nitrogen and oxygen atoms in total. The molecule has 5 atom stereocenters. The van der Waals surface area contributed by atoms with E-state index in [1.54, 1.807) is 0 Å². The predicted octanol–water partition coefficient (Wildman–Crippen LogP) is 18.7. The number of esters is 4. The second-order valence-corrected chi connectivity index (χ2v) is 26.8. The molecule has 0 aromatic carbocycles. The molecule has 504 valence electrons. The highest BCUT2D eigenvalue weighted by Gasteiger charge is 2.30. The third-order valence-corrected chi connectivity index (χ3v) is 17.3. The lowest BCUT2D eigenvalue weighted by Gasteiger charge is -2.21. The second kappa shape index (κ2) is 60.9. The monoisotopic (exact) mass is 1250 g/mol. The highest BCUT2D eigenvalue weighted by molar-refractivity contribution is 7.47. The van der Waals surface area contributed by atoms with E-state index in [9.17, 15) is 43.2 Å². The third kappa shape index (κ3) is 60.7. The molecule has 0 radical (unpaired) electrons. The first-order chi connectivity index (χ1) is 41.2. The number of phosphoric acid groups is 2. The molecule has 0 bridgehead atoms. The van der Waals surface area contributed by atoms with Crippen molar-refractivity contribution in [3.8, 4) is 0 Å². The molecule has 0 fully saturated rings. The molecule has 0 aliphatic heterocycles. The zero-order chi connectivity index (χ0) is 62.6. The van der Waals surface area contributed by atoms with Crippen LogP contribution in [0.15, 0.2) is 0 Å². The maximum absolute atomic E-state index is 13.0. The Balaban J connectivity index is 5.23. The van der Waals surface area contributed by atoms with Crippen LogP contribution in [0.5, 0.6) is 0 Å². The molecule has 19 heteroatoms. The normalized spacial score (nSPS) is 14.1. The molecule has 0 heterocycles. The Bertz CT molecular complexity index is 1640. The summed E-state index contributed by atoms with van der Waals surface area (Å²) >= 11 is 0. The Morgan fingerprint density at radius 3 is 0.694 bits per heavy atom. The van der Waals surface area contributed by atoms with Gasteiger partial charge in [0.2, 0.25) is 0 Å². The van der Waals surface area contributed by atoms with E-state index in [4.69, 9.17) is 37.0 Å². The molecule has 3 N–H and O–H groups in total. The van der Waals surface area contributed by atoms with Gasteiger partial charge in [-0.1, -0.05) is 291 Å². The van der Waals surface area contributed by atoms with Crippen LogP contribution in [-0.2, 0) is 65.4 Å². The van der Waals surface area contributed by atoms with Crippen LogP contribution < -0.4 is 0 Å². The van der Waals surface area contributed by atoms with Crippen LogP contribution in [0.3, 0.4) is 0 Å². The molecule has 0 rings (SSSR count). The lowest BCUT2D eigenvalue weighted by Crippen LogP contribution is -2.30. The van der Waals surface area contributed by atoms with E-state index in [1.165, 1.54) is 173 Å². The van der Waals surface area contributed by atoms with Gasteiger partial charge >= 0.3 is 39.5 Å². The van der Waals surface area contributed by atoms with Gasteiger partial charge in [0.25, 0.3) is 0 Å². The van der Waals surface area contributed by atoms with E-state index < -0.39 is 97.5 Å². The first-order valence-corrected chi connectivity index (χ1v) is 37.8. The van der Waals surface area contributed by atoms with Gasteiger partial charge in [0.15, 0.2) is 12.2 Å². The van der Waals surface area contributed by atoms with Crippen LogP contribution in [0.4, 0.5) is 0 Å². The van der Waals surface area contributed by atoms with Crippen molar-refractivity contribution in [2.45, 2.75) is 361 Å². The molecule has 2 unspecified atom stereocenters. The Hall–Kier alpha value is -1.94. The van der Waals surface area contributed by atoms with Crippen molar-refractivity contribution < 1.29 is 80.2 Å². The third-order valence-electron chi connectivity index (χ3n) is 15.4. The van der Waals surface area contributed by atoms with Gasteiger partial charge in [-0.2, -0.15) is 0 Å². The van der Waals surface area contributed by atoms with E-state index in [1.807, 2.05) is 0 Å². The smallest absolute Gasteiger partial charge is 0.462 e. The van der Waals surface area contributed by atoms with Crippen molar-refractivity contribution >= 4 is 39.5 Å². The number of unbranched alkanes of at least 4 members (excludes halogenated alkanes) is 41. The van der Waals surface area contributed by atoms with Crippen molar-refractivity contribution in [2.24, 2.45) is 0 Å². The Labute approximate surface area is 517 Å². The molecule has 0 aromatic rings.